The van der Waals surface area contributed by atoms with E-state index in [0.29, 0.717) is 43.2 Å². The van der Waals surface area contributed by atoms with Crippen LogP contribution in [0, 0.1) is 0 Å². The molecule has 8 heteroatoms. The first kappa shape index (κ1) is 22.8. The number of carbonyl (C=O) groups excluding carboxylic acids is 1. The van der Waals surface area contributed by atoms with Crippen molar-refractivity contribution in [2.24, 2.45) is 0 Å². The Balaban J connectivity index is 1.48. The van der Waals surface area contributed by atoms with Crippen LogP contribution in [0.5, 0.6) is 11.5 Å². The van der Waals surface area contributed by atoms with Crippen molar-refractivity contribution in [3.8, 4) is 11.5 Å². The van der Waals surface area contributed by atoms with Crippen LogP contribution in [0.2, 0.25) is 0 Å². The molecule has 0 aliphatic heterocycles. The Morgan fingerprint density at radius 3 is 2.45 bits per heavy atom. The predicted octanol–water partition coefficient (Wildman–Crippen LogP) is 4.27. The van der Waals surface area contributed by atoms with Gasteiger partial charge in [0, 0.05) is 30.3 Å². The van der Waals surface area contributed by atoms with Gasteiger partial charge in [-0.2, -0.15) is 0 Å². The van der Waals surface area contributed by atoms with E-state index in [1.54, 1.807) is 47.5 Å². The molecule has 0 N–H and O–H groups in total. The fourth-order valence-electron chi connectivity index (χ4n) is 2.88. The highest BCUT2D eigenvalue weighted by molar-refractivity contribution is 7.90. The van der Waals surface area contributed by atoms with Crippen molar-refractivity contribution < 1.29 is 22.7 Å². The van der Waals surface area contributed by atoms with Crippen LogP contribution in [0.4, 0.5) is 0 Å². The van der Waals surface area contributed by atoms with E-state index in [1.165, 1.54) is 12.1 Å². The van der Waals surface area contributed by atoms with Gasteiger partial charge in [-0.15, -0.1) is 11.3 Å². The van der Waals surface area contributed by atoms with Crippen molar-refractivity contribution in [3.05, 3.63) is 76.5 Å². The first-order valence-corrected chi connectivity index (χ1v) is 12.5. The van der Waals surface area contributed by atoms with Crippen molar-refractivity contribution in [2.45, 2.75) is 17.9 Å². The smallest absolute Gasteiger partial charge is 0.253 e. The molecule has 3 aromatic rings. The summed E-state index contributed by atoms with van der Waals surface area (Å²) in [5.41, 5.74) is 0.563. The largest absolute Gasteiger partial charge is 0.493 e. The monoisotopic (exact) mass is 459 g/mol. The lowest BCUT2D eigenvalue weighted by Crippen LogP contribution is -2.28. The van der Waals surface area contributed by atoms with Gasteiger partial charge in [0.1, 0.15) is 18.1 Å². The van der Waals surface area contributed by atoms with Gasteiger partial charge in [0.2, 0.25) is 0 Å². The second-order valence-corrected chi connectivity index (χ2v) is 10.1. The molecular weight excluding hydrogens is 434 g/mol. The SMILES string of the molecule is CN(CCCOc1cccc(S(C)(=O)=O)c1)C(=O)c1cccc(OCc2cccs2)c1. The predicted molar refractivity (Wildman–Crippen MR) is 122 cm³/mol. The normalized spacial score (nSPS) is 11.2. The highest BCUT2D eigenvalue weighted by Crippen LogP contribution is 2.19. The maximum Gasteiger partial charge on any atom is 0.253 e. The average molecular weight is 460 g/mol. The zero-order chi connectivity index (χ0) is 22.3. The molecule has 0 radical (unpaired) electrons. The molecule has 3 rings (SSSR count). The molecule has 0 spiro atoms. The molecule has 164 valence electrons. The van der Waals surface area contributed by atoms with Gasteiger partial charge < -0.3 is 14.4 Å². The first-order valence-electron chi connectivity index (χ1n) is 9.76. The van der Waals surface area contributed by atoms with Crippen molar-refractivity contribution in [2.75, 3.05) is 26.5 Å². The number of benzene rings is 2. The summed E-state index contributed by atoms with van der Waals surface area (Å²) < 4.78 is 34.7. The van der Waals surface area contributed by atoms with E-state index < -0.39 is 9.84 Å². The lowest BCUT2D eigenvalue weighted by atomic mass is 10.2. The maximum atomic E-state index is 12.7. The fourth-order valence-corrected chi connectivity index (χ4v) is 4.15. The molecule has 1 aromatic heterocycles. The molecule has 1 amide bonds. The second-order valence-electron chi connectivity index (χ2n) is 7.07. The quantitative estimate of drug-likeness (QED) is 0.423. The average Bonchev–Trinajstić information content (AvgIpc) is 3.28. The van der Waals surface area contributed by atoms with Gasteiger partial charge in [0.15, 0.2) is 9.84 Å². The summed E-state index contributed by atoms with van der Waals surface area (Å²) in [7, 11) is -1.53. The van der Waals surface area contributed by atoms with E-state index in [-0.39, 0.29) is 10.8 Å². The summed E-state index contributed by atoms with van der Waals surface area (Å²) in [6, 6.07) is 17.5. The maximum absolute atomic E-state index is 12.7. The summed E-state index contributed by atoms with van der Waals surface area (Å²) in [6.07, 6.45) is 1.77. The number of hydrogen-bond acceptors (Lipinski definition) is 6. The summed E-state index contributed by atoms with van der Waals surface area (Å²) >= 11 is 1.63. The van der Waals surface area contributed by atoms with Crippen molar-refractivity contribution in [3.63, 3.8) is 0 Å². The zero-order valence-corrected chi connectivity index (χ0v) is 19.1. The van der Waals surface area contributed by atoms with Crippen LogP contribution in [0.25, 0.3) is 0 Å². The minimum absolute atomic E-state index is 0.0966. The third kappa shape index (κ3) is 6.83. The molecule has 0 bridgehead atoms. The summed E-state index contributed by atoms with van der Waals surface area (Å²) in [4.78, 5) is 15.7. The summed E-state index contributed by atoms with van der Waals surface area (Å²) in [5.74, 6) is 1.05. The van der Waals surface area contributed by atoms with Crippen LogP contribution in [0.1, 0.15) is 21.7 Å². The molecule has 1 heterocycles. The minimum atomic E-state index is -3.27. The highest BCUT2D eigenvalue weighted by Gasteiger charge is 2.13. The van der Waals surface area contributed by atoms with E-state index in [0.717, 1.165) is 11.1 Å². The Morgan fingerprint density at radius 2 is 1.74 bits per heavy atom. The molecule has 0 aliphatic carbocycles. The van der Waals surface area contributed by atoms with Crippen LogP contribution in [0.15, 0.2) is 70.9 Å². The topological polar surface area (TPSA) is 72.9 Å². The van der Waals surface area contributed by atoms with Crippen LogP contribution >= 0.6 is 11.3 Å². The van der Waals surface area contributed by atoms with Gasteiger partial charge >= 0.3 is 0 Å². The number of amides is 1. The van der Waals surface area contributed by atoms with E-state index in [2.05, 4.69) is 0 Å². The molecule has 0 atom stereocenters. The van der Waals surface area contributed by atoms with Gasteiger partial charge in [-0.3, -0.25) is 4.79 Å². The third-order valence-electron chi connectivity index (χ3n) is 4.53. The molecule has 0 fully saturated rings. The number of carbonyl (C=O) groups is 1. The Hall–Kier alpha value is -2.84. The fraction of sp³-hybridized carbons (Fsp3) is 0.261. The molecule has 2 aromatic carbocycles. The van der Waals surface area contributed by atoms with Gasteiger partial charge in [0.25, 0.3) is 5.91 Å². The zero-order valence-electron chi connectivity index (χ0n) is 17.5. The van der Waals surface area contributed by atoms with Crippen molar-refractivity contribution in [1.29, 1.82) is 0 Å². The van der Waals surface area contributed by atoms with Crippen LogP contribution < -0.4 is 9.47 Å². The molecule has 0 saturated heterocycles. The van der Waals surface area contributed by atoms with Crippen LogP contribution in [-0.4, -0.2) is 45.7 Å². The van der Waals surface area contributed by atoms with E-state index in [4.69, 9.17) is 9.47 Å². The lowest BCUT2D eigenvalue weighted by Gasteiger charge is -2.18. The van der Waals surface area contributed by atoms with Gasteiger partial charge in [-0.05, 0) is 54.3 Å². The highest BCUT2D eigenvalue weighted by atomic mass is 32.2. The minimum Gasteiger partial charge on any atom is -0.493 e. The first-order chi connectivity index (χ1) is 14.8. The summed E-state index contributed by atoms with van der Waals surface area (Å²) in [6.45, 7) is 1.35. The van der Waals surface area contributed by atoms with Gasteiger partial charge in [0.05, 0.1) is 11.5 Å². The third-order valence-corrected chi connectivity index (χ3v) is 6.49. The lowest BCUT2D eigenvalue weighted by molar-refractivity contribution is 0.0787. The van der Waals surface area contributed by atoms with E-state index in [9.17, 15) is 13.2 Å². The van der Waals surface area contributed by atoms with Gasteiger partial charge in [-0.25, -0.2) is 8.42 Å². The number of nitrogens with zero attached hydrogens (tertiary/aromatic N) is 1. The Kier molecular flexibility index (Phi) is 7.70. The number of rotatable bonds is 10. The summed E-state index contributed by atoms with van der Waals surface area (Å²) in [5, 5.41) is 2.00. The standard InChI is InChI=1S/C23H25NO5S2/c1-24(12-6-13-28-20-9-4-11-22(16-20)31(2,26)27)23(25)18-7-3-8-19(15-18)29-17-21-10-5-14-30-21/h3-5,7-11,14-16H,6,12-13,17H2,1-2H3. The Morgan fingerprint density at radius 1 is 1.00 bits per heavy atom. The van der Waals surface area contributed by atoms with Crippen LogP contribution in [0.3, 0.4) is 0 Å². The molecule has 0 aliphatic rings. The van der Waals surface area contributed by atoms with Crippen molar-refractivity contribution in [1.82, 2.24) is 4.90 Å². The molecule has 0 saturated carbocycles. The Bertz CT molecular complexity index is 1110. The molecule has 0 unspecified atom stereocenters. The second kappa shape index (κ2) is 10.5. The number of thiophene rings is 1. The van der Waals surface area contributed by atoms with E-state index in [1.807, 2.05) is 29.6 Å². The molecule has 6 nitrogen and oxygen atoms in total. The van der Waals surface area contributed by atoms with Crippen LogP contribution in [-0.2, 0) is 16.4 Å². The Labute approximate surface area is 187 Å². The number of sulfone groups is 1. The van der Waals surface area contributed by atoms with Crippen molar-refractivity contribution >= 4 is 27.1 Å². The number of ether oxygens (including phenoxy) is 2. The van der Waals surface area contributed by atoms with Gasteiger partial charge in [-0.1, -0.05) is 18.2 Å². The molecular formula is C23H25NO5S2. The molecule has 31 heavy (non-hydrogen) atoms. The van der Waals surface area contributed by atoms with E-state index >= 15 is 0 Å². The number of hydrogen-bond donors (Lipinski definition) is 0.